The fourth-order valence-corrected chi connectivity index (χ4v) is 19.0. The number of rotatable bonds is 37. The van der Waals surface area contributed by atoms with Gasteiger partial charge in [-0.2, -0.15) is 0 Å². The molecule has 11 aliphatic heterocycles. The highest BCUT2D eigenvalue weighted by molar-refractivity contribution is 14.1. The fourth-order valence-electron chi connectivity index (χ4n) is 18.0. The van der Waals surface area contributed by atoms with Crippen molar-refractivity contribution in [2.75, 3.05) is 72.7 Å². The van der Waals surface area contributed by atoms with Crippen LogP contribution in [0, 0.1) is 23.7 Å². The molecule has 0 aromatic rings. The Kier molecular flexibility index (Phi) is 39.8. The Morgan fingerprint density at radius 3 is 1.07 bits per heavy atom. The van der Waals surface area contributed by atoms with E-state index in [2.05, 4.69) is 0 Å². The molecule has 0 saturated carbocycles. The third-order valence-electron chi connectivity index (χ3n) is 26.8. The molecule has 35 N–H and O–H groups in total. The second-order valence-corrected chi connectivity index (χ2v) is 37.1. The highest BCUT2D eigenvalue weighted by Gasteiger charge is 2.64. The Labute approximate surface area is 776 Å². The largest absolute Gasteiger partial charge is 0.477 e. The van der Waals surface area contributed by atoms with Gasteiger partial charge in [0.1, 0.15) is 195 Å². The smallest absolute Gasteiger partial charge is 0.364 e. The molecule has 780 valence electrons. The SMILES string of the molecule is CC1C(O)[C@H](O[C@@H]2OC(CO)[C@H](I)C(O[C@]3(C(=O)O)C[C@@H](O)[C@@H](N)C(C(O)C(O)CO)O3)C2O)[C@H](CO)O[C@H]1O[C@@H]1C(O)[C@H](O)C(CO)O[C@@H]1OCC1O[C@@H](O[C@@H]2C(CO)O[C@@H](O[C@@H]3C(CO)O[C@@H](C)[C@@H](C)C3O)[C@@H](C)C2O)[C@H](O)C(O[C@H]2O[C@H](CO)[C@@H](O)C(O)C2O[C@@H]2OC(CO)[C@@H](O[C@@H]3OC(CO[C@]4(C(=O)O)C[C@@H](O)[C@@H](N)C(C(O)C(O)CO)O4)[C@H](O)C(O)[C@@H]3O)C(O)[C@@H]2C)[C@@H]1O. The number of aliphatic hydroxyl groups is 29. The fraction of sp³-hybridized carbons (Fsp3) is 0.974. The zero-order valence-corrected chi connectivity index (χ0v) is 74.9. The van der Waals surface area contributed by atoms with Crippen molar-refractivity contribution in [2.45, 2.75) is 370 Å². The summed E-state index contributed by atoms with van der Waals surface area (Å²) in [5.74, 6) is -14.7. The number of aliphatic carboxylic acids is 2. The first-order chi connectivity index (χ1) is 63.2. The molecule has 11 rings (SSSR count). The summed E-state index contributed by atoms with van der Waals surface area (Å²) in [6, 6.07) is -3.18. The van der Waals surface area contributed by atoms with Gasteiger partial charge in [-0.3, -0.25) is 0 Å². The molecule has 56 nitrogen and oxygen atoms in total. The summed E-state index contributed by atoms with van der Waals surface area (Å²) in [6.07, 6.45) is -95.3. The van der Waals surface area contributed by atoms with E-state index in [1.54, 1.807) is 36.4 Å². The summed E-state index contributed by atoms with van der Waals surface area (Å²) in [5.41, 5.74) is 12.0. The molecule has 0 radical (unpaired) electrons. The summed E-state index contributed by atoms with van der Waals surface area (Å²) in [6.45, 7) is -4.33. The molecule has 0 amide bonds. The number of carboxylic acid groups (broad SMARTS) is 2. The van der Waals surface area contributed by atoms with E-state index in [4.69, 9.17) is 111 Å². The maximum Gasteiger partial charge on any atom is 0.364 e. The first-order valence-electron chi connectivity index (χ1n) is 43.7. The van der Waals surface area contributed by atoms with Crippen molar-refractivity contribution >= 4 is 34.5 Å². The van der Waals surface area contributed by atoms with E-state index in [0.29, 0.717) is 0 Å². The van der Waals surface area contributed by atoms with Crippen LogP contribution in [0.5, 0.6) is 0 Å². The molecule has 11 heterocycles. The van der Waals surface area contributed by atoms with Gasteiger partial charge < -0.3 is 269 Å². The summed E-state index contributed by atoms with van der Waals surface area (Å²) < 4.78 is 125. The van der Waals surface area contributed by atoms with E-state index >= 15 is 0 Å². The molecule has 0 bridgehead atoms. The number of ether oxygens (including phenoxy) is 21. The van der Waals surface area contributed by atoms with Crippen LogP contribution in [0.4, 0.5) is 0 Å². The van der Waals surface area contributed by atoms with Crippen LogP contribution in [0.15, 0.2) is 0 Å². The van der Waals surface area contributed by atoms with E-state index in [1.807, 2.05) is 0 Å². The molecule has 57 heteroatoms. The molecule has 0 spiro atoms. The van der Waals surface area contributed by atoms with Crippen molar-refractivity contribution in [3.05, 3.63) is 0 Å². The van der Waals surface area contributed by atoms with Gasteiger partial charge in [0, 0.05) is 36.5 Å². The van der Waals surface area contributed by atoms with Gasteiger partial charge in [0.2, 0.25) is 0 Å². The second kappa shape index (κ2) is 47.6. The van der Waals surface area contributed by atoms with Crippen LogP contribution in [0.3, 0.4) is 0 Å². The van der Waals surface area contributed by atoms with E-state index in [0.717, 1.165) is 0 Å². The Hall–Kier alpha value is -2.41. The number of alkyl halides is 1. The Morgan fingerprint density at radius 1 is 0.336 bits per heavy atom. The lowest BCUT2D eigenvalue weighted by Gasteiger charge is -2.51. The van der Waals surface area contributed by atoms with Gasteiger partial charge in [0.05, 0.1) is 138 Å². The van der Waals surface area contributed by atoms with E-state index < -0.39 is 443 Å². The number of carboxylic acids is 2. The van der Waals surface area contributed by atoms with Gasteiger partial charge in [0.15, 0.2) is 50.3 Å². The van der Waals surface area contributed by atoms with Crippen molar-refractivity contribution in [1.82, 2.24) is 0 Å². The zero-order valence-electron chi connectivity index (χ0n) is 72.7. The lowest BCUT2D eigenvalue weighted by Crippen LogP contribution is -2.69. The van der Waals surface area contributed by atoms with Gasteiger partial charge in [0.25, 0.3) is 11.6 Å². The van der Waals surface area contributed by atoms with Crippen LogP contribution in [0.25, 0.3) is 0 Å². The lowest BCUT2D eigenvalue weighted by atomic mass is 9.88. The minimum Gasteiger partial charge on any atom is -0.477 e. The van der Waals surface area contributed by atoms with Gasteiger partial charge in [-0.1, -0.05) is 50.3 Å². The molecular formula is C77H131IN2O54. The molecule has 0 aromatic carbocycles. The molecular weight excluding hydrogens is 1940 g/mol. The summed E-state index contributed by atoms with van der Waals surface area (Å²) in [5, 5.41) is 345. The number of hydrogen-bond acceptors (Lipinski definition) is 54. The van der Waals surface area contributed by atoms with E-state index in [9.17, 15) is 168 Å². The lowest BCUT2D eigenvalue weighted by molar-refractivity contribution is -0.402. The third kappa shape index (κ3) is 23.2. The average Bonchev–Trinajstić information content (AvgIpc) is 0.748. The highest BCUT2D eigenvalue weighted by Crippen LogP contribution is 2.46. The maximum atomic E-state index is 13.2. The molecule has 11 saturated heterocycles. The third-order valence-corrected chi connectivity index (χ3v) is 28.3. The Bertz CT molecular complexity index is 3610. The van der Waals surface area contributed by atoms with Gasteiger partial charge in [-0.15, -0.1) is 0 Å². The molecule has 134 heavy (non-hydrogen) atoms. The number of nitrogens with two attached hydrogens (primary N) is 2. The van der Waals surface area contributed by atoms with E-state index in [1.165, 1.54) is 20.8 Å². The van der Waals surface area contributed by atoms with Crippen molar-refractivity contribution in [3.8, 4) is 0 Å². The summed E-state index contributed by atoms with van der Waals surface area (Å²) in [7, 11) is 0. The highest BCUT2D eigenvalue weighted by atomic mass is 127. The van der Waals surface area contributed by atoms with Crippen LogP contribution in [-0.4, -0.2) is 565 Å². The van der Waals surface area contributed by atoms with Gasteiger partial charge in [-0.05, 0) is 6.92 Å². The Balaban J connectivity index is 0.839. The van der Waals surface area contributed by atoms with Gasteiger partial charge in [-0.25, -0.2) is 9.59 Å². The summed E-state index contributed by atoms with van der Waals surface area (Å²) in [4.78, 5) is 26.0. The van der Waals surface area contributed by atoms with Crippen molar-refractivity contribution < 1.29 is 267 Å². The second-order valence-electron chi connectivity index (χ2n) is 35.6. The molecule has 0 aliphatic carbocycles. The number of aliphatic hydroxyl groups excluding tert-OH is 29. The number of hydrogen-bond donors (Lipinski definition) is 33. The van der Waals surface area contributed by atoms with Crippen molar-refractivity contribution in [1.29, 1.82) is 0 Å². The quantitative estimate of drug-likeness (QED) is 0.0203. The molecule has 25 unspecified atom stereocenters. The maximum absolute atomic E-state index is 13.2. The predicted octanol–water partition coefficient (Wildman–Crippen LogP) is -19.0. The zero-order chi connectivity index (χ0) is 99.0. The predicted molar refractivity (Wildman–Crippen MR) is 429 cm³/mol. The standard InChI is InChI=1S/C77H131IN2O54/c1-19-23(5)116-31(13-86)56(40(19)94)125-66-20(2)41(95)59(33(15-88)120-66)128-71-55(109)63(129-73-65(52(106)47(101)30(12-85)119-73)131-68-22(4)42(96)57(32(14-87)122-68)126-69-53(107)50(104)48(102)36(124-69)18-115-76(74(110)111)6-24(90)38(79)61(133-76)44(98)26(92)8-81)49(103)35(123-71)17-114-72-64(51(105)46(100)29(11-84)118-72)130-67-21(3)43(97)58(34(16-89)121-67)127-70-54(108)60(37(78)28(10-83)117-70)132-77(75(112)113)7-25(91)39(80)62(134-77)45(99)27(93)9-82/h19-73,81-109H,6-18,79-80H2,1-5H3,(H,110,111)(H,112,113)/t19-,20+,21?,22+,23+,24-,25-,26?,27?,28?,29?,30-,31?,32?,33?,34+,35?,36?,37+,38-,39-,40?,41?,42?,43?,44?,45?,46-,47-,48+,49-,50?,51?,52?,53+,54?,55-,56-,57-,58-,59-,60?,61?,62?,63?,64-,65?,66+,67+,68+,69+,70+,71+,72+,73-,76-,77-/m1/s1. The van der Waals surface area contributed by atoms with Crippen LogP contribution in [-0.2, 0) is 109 Å². The number of carbonyl (C=O) groups is 2. The molecule has 11 fully saturated rings. The van der Waals surface area contributed by atoms with Crippen LogP contribution in [0.1, 0.15) is 47.5 Å². The minimum atomic E-state index is -3.02. The molecule has 11 aliphatic rings. The van der Waals surface area contributed by atoms with E-state index in [-0.39, 0.29) is 0 Å². The van der Waals surface area contributed by atoms with Crippen LogP contribution in [0.2, 0.25) is 0 Å². The summed E-state index contributed by atoms with van der Waals surface area (Å²) >= 11 is 1.63. The molecule has 0 aromatic heterocycles. The van der Waals surface area contributed by atoms with Crippen LogP contribution < -0.4 is 11.5 Å². The first kappa shape index (κ1) is 112. The normalized spacial score (nSPS) is 50.9. The minimum absolute atomic E-state index is 0.581. The monoisotopic (exact) mass is 2070 g/mol. The Morgan fingerprint density at radius 2 is 0.657 bits per heavy atom. The topological polar surface area (TPSA) is 907 Å². The van der Waals surface area contributed by atoms with Gasteiger partial charge >= 0.3 is 11.9 Å². The van der Waals surface area contributed by atoms with Crippen LogP contribution >= 0.6 is 22.6 Å². The number of halogens is 1. The van der Waals surface area contributed by atoms with Crippen molar-refractivity contribution in [3.63, 3.8) is 0 Å². The first-order valence-corrected chi connectivity index (χ1v) is 44.9. The average molecular weight is 2080 g/mol. The van der Waals surface area contributed by atoms with Crippen molar-refractivity contribution in [2.24, 2.45) is 35.1 Å². The molecule has 57 atom stereocenters.